The van der Waals surface area contributed by atoms with Gasteiger partial charge in [-0.1, -0.05) is 19.8 Å². The Morgan fingerprint density at radius 3 is 2.71 bits per heavy atom. The van der Waals surface area contributed by atoms with Crippen molar-refractivity contribution >= 4 is 5.91 Å². The average Bonchev–Trinajstić information content (AvgIpc) is 2.67. The highest BCUT2D eigenvalue weighted by molar-refractivity contribution is 5.78. The Kier molecular flexibility index (Phi) is 4.94. The van der Waals surface area contributed by atoms with Gasteiger partial charge in [-0.15, -0.1) is 0 Å². The summed E-state index contributed by atoms with van der Waals surface area (Å²) in [7, 11) is 0. The van der Waals surface area contributed by atoms with Gasteiger partial charge in [-0.2, -0.15) is 0 Å². The first-order valence-corrected chi connectivity index (χ1v) is 5.71. The summed E-state index contributed by atoms with van der Waals surface area (Å²) in [6.07, 6.45) is 6.02. The van der Waals surface area contributed by atoms with E-state index in [0.29, 0.717) is 6.54 Å². The lowest BCUT2D eigenvalue weighted by molar-refractivity contribution is -0.124. The van der Waals surface area contributed by atoms with E-state index in [-0.39, 0.29) is 11.8 Å². The fraction of sp³-hybridized carbons (Fsp3) is 0.909. The number of rotatable bonds is 5. The number of carbonyl (C=O) groups excluding carboxylic acids is 1. The molecule has 1 aliphatic carbocycles. The van der Waals surface area contributed by atoms with Crippen LogP contribution >= 0.6 is 0 Å². The fourth-order valence-corrected chi connectivity index (χ4v) is 2.01. The standard InChI is InChI=1S/C11H22N2O/c1-9(6-7-12)11(14)13-8-10-4-2-3-5-10/h9-10H,2-8,12H2,1H3,(H,13,14). The normalized spacial score (nSPS) is 19.6. The Hall–Kier alpha value is -0.570. The van der Waals surface area contributed by atoms with Gasteiger partial charge in [-0.05, 0) is 31.7 Å². The van der Waals surface area contributed by atoms with Crippen LogP contribution in [0.3, 0.4) is 0 Å². The summed E-state index contributed by atoms with van der Waals surface area (Å²) in [6, 6.07) is 0. The molecule has 1 rings (SSSR count). The van der Waals surface area contributed by atoms with Crippen molar-refractivity contribution in [3.8, 4) is 0 Å². The molecule has 0 aromatic heterocycles. The highest BCUT2D eigenvalue weighted by atomic mass is 16.1. The molecule has 0 heterocycles. The summed E-state index contributed by atoms with van der Waals surface area (Å²) in [4.78, 5) is 11.5. The molecule has 82 valence electrons. The second-order valence-electron chi connectivity index (χ2n) is 4.37. The number of hydrogen-bond donors (Lipinski definition) is 2. The number of amides is 1. The zero-order valence-electron chi connectivity index (χ0n) is 9.09. The van der Waals surface area contributed by atoms with E-state index in [1.807, 2.05) is 6.92 Å². The summed E-state index contributed by atoms with van der Waals surface area (Å²) in [6.45, 7) is 3.41. The molecule has 3 nitrogen and oxygen atoms in total. The van der Waals surface area contributed by atoms with Crippen LogP contribution < -0.4 is 11.1 Å². The van der Waals surface area contributed by atoms with Crippen molar-refractivity contribution in [2.45, 2.75) is 39.0 Å². The Bertz CT molecular complexity index is 176. The van der Waals surface area contributed by atoms with Crippen LogP contribution in [0, 0.1) is 11.8 Å². The molecule has 1 amide bonds. The lowest BCUT2D eigenvalue weighted by atomic mass is 10.1. The Labute approximate surface area is 86.4 Å². The van der Waals surface area contributed by atoms with Crippen LogP contribution in [0.4, 0.5) is 0 Å². The zero-order chi connectivity index (χ0) is 10.4. The predicted octanol–water partition coefficient (Wildman–Crippen LogP) is 1.28. The number of hydrogen-bond acceptors (Lipinski definition) is 2. The van der Waals surface area contributed by atoms with Gasteiger partial charge in [0.1, 0.15) is 0 Å². The highest BCUT2D eigenvalue weighted by Crippen LogP contribution is 2.23. The number of nitrogens with two attached hydrogens (primary N) is 1. The van der Waals surface area contributed by atoms with Gasteiger partial charge in [0.15, 0.2) is 0 Å². The highest BCUT2D eigenvalue weighted by Gasteiger charge is 2.17. The minimum absolute atomic E-state index is 0.0707. The molecule has 3 heteroatoms. The average molecular weight is 198 g/mol. The van der Waals surface area contributed by atoms with E-state index in [1.165, 1.54) is 25.7 Å². The molecule has 14 heavy (non-hydrogen) atoms. The largest absolute Gasteiger partial charge is 0.356 e. The van der Waals surface area contributed by atoms with E-state index >= 15 is 0 Å². The van der Waals surface area contributed by atoms with Crippen molar-refractivity contribution in [2.24, 2.45) is 17.6 Å². The molecule has 0 aliphatic heterocycles. The molecular weight excluding hydrogens is 176 g/mol. The van der Waals surface area contributed by atoms with Gasteiger partial charge in [0.05, 0.1) is 0 Å². The molecule has 0 saturated heterocycles. The summed E-state index contributed by atoms with van der Waals surface area (Å²) < 4.78 is 0. The van der Waals surface area contributed by atoms with Gasteiger partial charge < -0.3 is 11.1 Å². The van der Waals surface area contributed by atoms with E-state index in [0.717, 1.165) is 18.9 Å². The minimum Gasteiger partial charge on any atom is -0.356 e. The molecule has 0 bridgehead atoms. The molecule has 0 aromatic carbocycles. The van der Waals surface area contributed by atoms with E-state index in [1.54, 1.807) is 0 Å². The molecule has 0 radical (unpaired) electrons. The van der Waals surface area contributed by atoms with Crippen LogP contribution in [0.15, 0.2) is 0 Å². The van der Waals surface area contributed by atoms with Crippen molar-refractivity contribution in [3.63, 3.8) is 0 Å². The first-order chi connectivity index (χ1) is 6.74. The van der Waals surface area contributed by atoms with Crippen molar-refractivity contribution in [1.29, 1.82) is 0 Å². The van der Waals surface area contributed by atoms with Crippen molar-refractivity contribution in [3.05, 3.63) is 0 Å². The number of carbonyl (C=O) groups is 1. The first-order valence-electron chi connectivity index (χ1n) is 5.71. The van der Waals surface area contributed by atoms with Crippen LogP contribution in [0.5, 0.6) is 0 Å². The van der Waals surface area contributed by atoms with Crippen LogP contribution in [-0.4, -0.2) is 19.0 Å². The van der Waals surface area contributed by atoms with Crippen molar-refractivity contribution < 1.29 is 4.79 Å². The molecule has 0 aromatic rings. The smallest absolute Gasteiger partial charge is 0.222 e. The molecule has 3 N–H and O–H groups in total. The molecule has 1 atom stereocenters. The minimum atomic E-state index is 0.0707. The maximum atomic E-state index is 11.5. The summed E-state index contributed by atoms with van der Waals surface area (Å²) in [5.41, 5.74) is 5.41. The van der Waals surface area contributed by atoms with Crippen molar-refractivity contribution in [2.75, 3.05) is 13.1 Å². The van der Waals surface area contributed by atoms with Crippen LogP contribution in [-0.2, 0) is 4.79 Å². The third-order valence-corrected chi connectivity index (χ3v) is 3.09. The quantitative estimate of drug-likeness (QED) is 0.699. The first kappa shape index (κ1) is 11.5. The number of nitrogens with one attached hydrogen (secondary N) is 1. The maximum absolute atomic E-state index is 11.5. The summed E-state index contributed by atoms with van der Waals surface area (Å²) >= 11 is 0. The van der Waals surface area contributed by atoms with E-state index < -0.39 is 0 Å². The second kappa shape index (κ2) is 6.02. The molecule has 1 aliphatic rings. The van der Waals surface area contributed by atoms with Gasteiger partial charge in [0, 0.05) is 12.5 Å². The van der Waals surface area contributed by atoms with Crippen LogP contribution in [0.1, 0.15) is 39.0 Å². The van der Waals surface area contributed by atoms with Gasteiger partial charge in [-0.25, -0.2) is 0 Å². The fourth-order valence-electron chi connectivity index (χ4n) is 2.01. The molecule has 1 saturated carbocycles. The molecular formula is C11H22N2O. The molecule has 1 unspecified atom stereocenters. The van der Waals surface area contributed by atoms with Crippen LogP contribution in [0.2, 0.25) is 0 Å². The lowest BCUT2D eigenvalue weighted by Crippen LogP contribution is -2.33. The van der Waals surface area contributed by atoms with E-state index in [9.17, 15) is 4.79 Å². The van der Waals surface area contributed by atoms with Gasteiger partial charge in [0.25, 0.3) is 0 Å². The van der Waals surface area contributed by atoms with Gasteiger partial charge >= 0.3 is 0 Å². The monoisotopic (exact) mass is 198 g/mol. The van der Waals surface area contributed by atoms with Gasteiger partial charge in [0.2, 0.25) is 5.91 Å². The molecule has 1 fully saturated rings. The summed E-state index contributed by atoms with van der Waals surface area (Å²) in [5, 5.41) is 3.01. The third kappa shape index (κ3) is 3.66. The Morgan fingerprint density at radius 2 is 2.14 bits per heavy atom. The Balaban J connectivity index is 2.13. The maximum Gasteiger partial charge on any atom is 0.222 e. The van der Waals surface area contributed by atoms with Crippen molar-refractivity contribution in [1.82, 2.24) is 5.32 Å². The molecule has 0 spiro atoms. The lowest BCUT2D eigenvalue weighted by Gasteiger charge is -2.14. The van der Waals surface area contributed by atoms with Crippen LogP contribution in [0.25, 0.3) is 0 Å². The third-order valence-electron chi connectivity index (χ3n) is 3.09. The van der Waals surface area contributed by atoms with Gasteiger partial charge in [-0.3, -0.25) is 4.79 Å². The topological polar surface area (TPSA) is 55.1 Å². The SMILES string of the molecule is CC(CCN)C(=O)NCC1CCCC1. The summed E-state index contributed by atoms with van der Waals surface area (Å²) in [5.74, 6) is 0.966. The Morgan fingerprint density at radius 1 is 1.50 bits per heavy atom. The predicted molar refractivity (Wildman–Crippen MR) is 57.8 cm³/mol. The van der Waals surface area contributed by atoms with E-state index in [2.05, 4.69) is 5.32 Å². The van der Waals surface area contributed by atoms with E-state index in [4.69, 9.17) is 5.73 Å². The second-order valence-corrected chi connectivity index (χ2v) is 4.37. The zero-order valence-corrected chi connectivity index (χ0v) is 9.09.